The van der Waals surface area contributed by atoms with Gasteiger partial charge in [0.1, 0.15) is 23.1 Å². The minimum atomic E-state index is -3.89. The van der Waals surface area contributed by atoms with Gasteiger partial charge in [-0.05, 0) is 60.6 Å². The van der Waals surface area contributed by atoms with Crippen molar-refractivity contribution in [2.45, 2.75) is 30.6 Å². The van der Waals surface area contributed by atoms with E-state index in [0.29, 0.717) is 65.2 Å². The minimum absolute atomic E-state index is 0.0920. The average molecular weight is 634 g/mol. The molecule has 2 aliphatic rings. The standard InChI is InChI=1S/C28H33ClFN5O3S2Si/c1-41(2,3)19-18-39(36,37)33-40(31,23-11-9-22(30)10-12-23)35-16-14-34(15-17-35)28-24-20-21(29)8-13-26(24)38-27-7-5-4-6-25(27)32-28/h4-13,20,31H,14-19H2,1-3H3. The number of ether oxygens (including phenoxy) is 1. The lowest BCUT2D eigenvalue weighted by molar-refractivity contribution is 0.278. The number of amidine groups is 1. The summed E-state index contributed by atoms with van der Waals surface area (Å²) in [6, 6.07) is 19.0. The van der Waals surface area contributed by atoms with Crippen LogP contribution in [0.5, 0.6) is 11.5 Å². The Hall–Kier alpha value is -2.77. The highest BCUT2D eigenvalue weighted by molar-refractivity contribution is 8.02. The Labute approximate surface area is 247 Å². The van der Waals surface area contributed by atoms with Gasteiger partial charge in [0.15, 0.2) is 5.75 Å². The SMILES string of the molecule is C[Si](C)(C)CCS(=O)(=O)N=S(=N)(c1ccc(F)cc1)N1CCN(C2=Nc3ccccc3Oc3ccc(Cl)cc32)CC1. The van der Waals surface area contributed by atoms with Gasteiger partial charge in [-0.1, -0.05) is 43.4 Å². The number of nitrogens with zero attached hydrogens (tertiary/aromatic N) is 4. The van der Waals surface area contributed by atoms with E-state index in [0.717, 1.165) is 5.56 Å². The summed E-state index contributed by atoms with van der Waals surface area (Å²) >= 11 is 6.37. The van der Waals surface area contributed by atoms with E-state index in [9.17, 15) is 17.6 Å². The van der Waals surface area contributed by atoms with Crippen molar-refractivity contribution in [1.82, 2.24) is 9.21 Å². The molecule has 1 saturated heterocycles. The van der Waals surface area contributed by atoms with Crippen molar-refractivity contribution >= 4 is 51.0 Å². The average Bonchev–Trinajstić information content (AvgIpc) is 3.08. The molecule has 0 bridgehead atoms. The molecule has 0 aromatic heterocycles. The Kier molecular flexibility index (Phi) is 8.32. The Morgan fingerprint density at radius 1 is 1.00 bits per heavy atom. The molecule has 8 nitrogen and oxygen atoms in total. The van der Waals surface area contributed by atoms with Crippen molar-refractivity contribution in [1.29, 1.82) is 4.78 Å². The first kappa shape index (κ1) is 29.7. The largest absolute Gasteiger partial charge is 0.454 e. The number of nitrogens with one attached hydrogen (secondary N) is 1. The summed E-state index contributed by atoms with van der Waals surface area (Å²) < 4.78 is 61.9. The Bertz CT molecular complexity index is 1710. The number of piperazine rings is 1. The number of para-hydroxylation sites is 2. The predicted octanol–water partition coefficient (Wildman–Crippen LogP) is 7.02. The first-order chi connectivity index (χ1) is 19.3. The third-order valence-corrected chi connectivity index (χ3v) is 13.8. The van der Waals surface area contributed by atoms with E-state index >= 15 is 0 Å². The predicted molar refractivity (Wildman–Crippen MR) is 166 cm³/mol. The van der Waals surface area contributed by atoms with Gasteiger partial charge >= 0.3 is 0 Å². The summed E-state index contributed by atoms with van der Waals surface area (Å²) in [5.74, 6) is 1.42. The molecular weight excluding hydrogens is 601 g/mol. The number of halogens is 2. The van der Waals surface area contributed by atoms with Gasteiger partial charge in [-0.15, -0.1) is 3.77 Å². The summed E-state index contributed by atoms with van der Waals surface area (Å²) in [6.45, 7) is 7.97. The maximum absolute atomic E-state index is 13.8. The van der Waals surface area contributed by atoms with Crippen LogP contribution in [-0.2, 0) is 19.8 Å². The third-order valence-electron chi connectivity index (χ3n) is 6.88. The van der Waals surface area contributed by atoms with Crippen LogP contribution in [0, 0.1) is 10.6 Å². The molecule has 1 unspecified atom stereocenters. The fourth-order valence-electron chi connectivity index (χ4n) is 4.60. The number of aliphatic imine (C=N–C) groups is 1. The monoisotopic (exact) mass is 633 g/mol. The van der Waals surface area contributed by atoms with Crippen LogP contribution < -0.4 is 4.74 Å². The molecule has 0 radical (unpaired) electrons. The van der Waals surface area contributed by atoms with Gasteiger partial charge in [0.25, 0.3) is 10.0 Å². The lowest BCUT2D eigenvalue weighted by atomic mass is 10.1. The number of rotatable bonds is 6. The molecule has 2 heterocycles. The van der Waals surface area contributed by atoms with E-state index in [4.69, 9.17) is 21.3 Å². The van der Waals surface area contributed by atoms with Gasteiger partial charge in [0.2, 0.25) is 0 Å². The normalized spacial score (nSPS) is 17.4. The summed E-state index contributed by atoms with van der Waals surface area (Å²) in [5, 5.41) is 0.554. The van der Waals surface area contributed by atoms with Gasteiger partial charge in [-0.2, -0.15) is 0 Å². The van der Waals surface area contributed by atoms with Crippen molar-refractivity contribution < 1.29 is 17.5 Å². The highest BCUT2D eigenvalue weighted by atomic mass is 35.5. The number of hydrogen-bond donors (Lipinski definition) is 1. The van der Waals surface area contributed by atoms with Gasteiger partial charge in [0.05, 0.1) is 11.3 Å². The van der Waals surface area contributed by atoms with Crippen molar-refractivity contribution in [3.63, 3.8) is 0 Å². The highest BCUT2D eigenvalue weighted by Crippen LogP contribution is 2.39. The summed E-state index contributed by atoms with van der Waals surface area (Å²) in [7, 11) is -8.63. The van der Waals surface area contributed by atoms with Gasteiger partial charge in [-0.3, -0.25) is 4.78 Å². The zero-order valence-corrected chi connectivity index (χ0v) is 26.6. The molecule has 0 aliphatic carbocycles. The molecule has 0 saturated carbocycles. The number of sulfonamides is 1. The van der Waals surface area contributed by atoms with E-state index in [-0.39, 0.29) is 5.75 Å². The molecule has 1 fully saturated rings. The molecular formula is C28H33ClFN5O3S2Si. The van der Waals surface area contributed by atoms with Gasteiger partial charge in [0, 0.05) is 54.0 Å². The van der Waals surface area contributed by atoms with Crippen LogP contribution >= 0.6 is 11.6 Å². The molecule has 0 spiro atoms. The molecule has 13 heteroatoms. The molecule has 1 atom stereocenters. The molecule has 5 rings (SSSR count). The van der Waals surface area contributed by atoms with Crippen LogP contribution in [-0.4, -0.2) is 63.5 Å². The van der Waals surface area contributed by atoms with Gasteiger partial charge in [-0.25, -0.2) is 22.1 Å². The van der Waals surface area contributed by atoms with Crippen molar-refractivity contribution in [3.8, 4) is 11.5 Å². The molecule has 3 aromatic rings. The Balaban J connectivity index is 1.48. The summed E-state index contributed by atoms with van der Waals surface area (Å²) in [5.41, 5.74) is 1.44. The van der Waals surface area contributed by atoms with Crippen LogP contribution in [0.4, 0.5) is 10.1 Å². The smallest absolute Gasteiger partial charge is 0.260 e. The van der Waals surface area contributed by atoms with Crippen molar-refractivity contribution in [2.75, 3.05) is 31.9 Å². The maximum atomic E-state index is 13.8. The molecule has 3 aromatic carbocycles. The van der Waals surface area contributed by atoms with Crippen LogP contribution in [0.3, 0.4) is 0 Å². The van der Waals surface area contributed by atoms with E-state index in [1.54, 1.807) is 6.07 Å². The second-order valence-electron chi connectivity index (χ2n) is 11.2. The molecule has 41 heavy (non-hydrogen) atoms. The number of benzene rings is 3. The van der Waals surface area contributed by atoms with E-state index in [1.807, 2.05) is 40.7 Å². The fourth-order valence-corrected chi connectivity index (χ4v) is 12.1. The van der Waals surface area contributed by atoms with E-state index < -0.39 is 33.7 Å². The zero-order valence-electron chi connectivity index (χ0n) is 23.2. The molecule has 2 aliphatic heterocycles. The lowest BCUT2D eigenvalue weighted by Gasteiger charge is -2.38. The van der Waals surface area contributed by atoms with Crippen LogP contribution in [0.2, 0.25) is 30.7 Å². The van der Waals surface area contributed by atoms with Crippen LogP contribution in [0.15, 0.2) is 80.4 Å². The lowest BCUT2D eigenvalue weighted by Crippen LogP contribution is -2.50. The van der Waals surface area contributed by atoms with Crippen molar-refractivity contribution in [3.05, 3.63) is 83.1 Å². The topological polar surface area (TPSA) is 98.4 Å². The maximum Gasteiger partial charge on any atom is 0.260 e. The Morgan fingerprint density at radius 3 is 2.37 bits per heavy atom. The molecule has 1 N–H and O–H groups in total. The first-order valence-corrected chi connectivity index (χ1v) is 20.5. The van der Waals surface area contributed by atoms with E-state index in [2.05, 4.69) is 28.3 Å². The highest BCUT2D eigenvalue weighted by Gasteiger charge is 2.31. The number of hydrogen-bond acceptors (Lipinski definition) is 6. The molecule has 0 amide bonds. The van der Waals surface area contributed by atoms with Crippen LogP contribution in [0.25, 0.3) is 0 Å². The first-order valence-electron chi connectivity index (χ1n) is 13.3. The zero-order chi connectivity index (χ0) is 29.4. The van der Waals surface area contributed by atoms with Crippen molar-refractivity contribution in [2.24, 2.45) is 8.76 Å². The van der Waals surface area contributed by atoms with Gasteiger partial charge < -0.3 is 9.64 Å². The van der Waals surface area contributed by atoms with E-state index in [1.165, 1.54) is 24.3 Å². The summed E-state index contributed by atoms with van der Waals surface area (Å²) in [6.07, 6.45) is 0. The number of fused-ring (bicyclic) bond motifs is 2. The Morgan fingerprint density at radius 2 is 1.68 bits per heavy atom. The fraction of sp³-hybridized carbons (Fsp3) is 0.321. The quantitative estimate of drug-likeness (QED) is 0.294. The third kappa shape index (κ3) is 6.83. The summed E-state index contributed by atoms with van der Waals surface area (Å²) in [4.78, 5) is 7.43. The minimum Gasteiger partial charge on any atom is -0.454 e. The second kappa shape index (κ2) is 11.5. The van der Waals surface area contributed by atoms with Crippen LogP contribution in [0.1, 0.15) is 5.56 Å². The second-order valence-corrected chi connectivity index (χ2v) is 21.5. The molecule has 218 valence electrons.